The summed E-state index contributed by atoms with van der Waals surface area (Å²) >= 11 is 0. The highest BCUT2D eigenvalue weighted by Crippen LogP contribution is 2.24. The SMILES string of the molecule is CCN(Cc1cc(-c2ccc(OC)cc2)on1)C(=O)c1cccc(OC)c1. The maximum absolute atomic E-state index is 12.8. The van der Waals surface area contributed by atoms with E-state index < -0.39 is 0 Å². The first-order chi connectivity index (χ1) is 13.1. The predicted octanol–water partition coefficient (Wildman–Crippen LogP) is 4.02. The molecule has 140 valence electrons. The van der Waals surface area contributed by atoms with Crippen molar-refractivity contribution >= 4 is 5.91 Å². The first-order valence-corrected chi connectivity index (χ1v) is 8.68. The second-order valence-electron chi connectivity index (χ2n) is 5.96. The lowest BCUT2D eigenvalue weighted by Gasteiger charge is -2.19. The van der Waals surface area contributed by atoms with Gasteiger partial charge in [0, 0.05) is 23.7 Å². The number of rotatable bonds is 7. The van der Waals surface area contributed by atoms with Crippen molar-refractivity contribution in [2.24, 2.45) is 0 Å². The van der Waals surface area contributed by atoms with Gasteiger partial charge in [-0.3, -0.25) is 4.79 Å². The molecule has 1 amide bonds. The number of aromatic nitrogens is 1. The second kappa shape index (κ2) is 8.40. The number of carbonyl (C=O) groups is 1. The summed E-state index contributed by atoms with van der Waals surface area (Å²) in [6.07, 6.45) is 0. The fraction of sp³-hybridized carbons (Fsp3) is 0.238. The smallest absolute Gasteiger partial charge is 0.254 e. The zero-order valence-electron chi connectivity index (χ0n) is 15.6. The molecule has 0 saturated carbocycles. The molecule has 6 nitrogen and oxygen atoms in total. The van der Waals surface area contributed by atoms with Crippen LogP contribution in [0.1, 0.15) is 23.0 Å². The Balaban J connectivity index is 1.74. The average molecular weight is 366 g/mol. The van der Waals surface area contributed by atoms with Crippen molar-refractivity contribution in [1.82, 2.24) is 10.1 Å². The molecular weight excluding hydrogens is 344 g/mol. The third kappa shape index (κ3) is 4.28. The number of benzene rings is 2. The van der Waals surface area contributed by atoms with Crippen molar-refractivity contribution < 1.29 is 18.8 Å². The van der Waals surface area contributed by atoms with Gasteiger partial charge in [-0.2, -0.15) is 0 Å². The normalized spacial score (nSPS) is 10.5. The van der Waals surface area contributed by atoms with Gasteiger partial charge in [-0.05, 0) is 49.4 Å². The summed E-state index contributed by atoms with van der Waals surface area (Å²) in [6.45, 7) is 2.86. The lowest BCUT2D eigenvalue weighted by atomic mass is 10.1. The van der Waals surface area contributed by atoms with E-state index in [0.29, 0.717) is 35.9 Å². The molecule has 0 fully saturated rings. The van der Waals surface area contributed by atoms with Gasteiger partial charge in [0.1, 0.15) is 17.2 Å². The lowest BCUT2D eigenvalue weighted by molar-refractivity contribution is 0.0749. The molecule has 1 aromatic heterocycles. The molecular formula is C21H22N2O4. The fourth-order valence-electron chi connectivity index (χ4n) is 2.74. The van der Waals surface area contributed by atoms with Crippen LogP contribution in [0.4, 0.5) is 0 Å². The average Bonchev–Trinajstić information content (AvgIpc) is 3.20. The van der Waals surface area contributed by atoms with Crippen LogP contribution in [0, 0.1) is 0 Å². The number of methoxy groups -OCH3 is 2. The molecule has 0 saturated heterocycles. The highest BCUT2D eigenvalue weighted by molar-refractivity contribution is 5.94. The van der Waals surface area contributed by atoms with E-state index >= 15 is 0 Å². The molecule has 0 aliphatic rings. The summed E-state index contributed by atoms with van der Waals surface area (Å²) < 4.78 is 15.8. The summed E-state index contributed by atoms with van der Waals surface area (Å²) in [4.78, 5) is 14.5. The Bertz CT molecular complexity index is 903. The minimum Gasteiger partial charge on any atom is -0.497 e. The van der Waals surface area contributed by atoms with Gasteiger partial charge < -0.3 is 18.9 Å². The lowest BCUT2D eigenvalue weighted by Crippen LogP contribution is -2.30. The zero-order valence-corrected chi connectivity index (χ0v) is 15.6. The van der Waals surface area contributed by atoms with Gasteiger partial charge in [0.2, 0.25) is 0 Å². The number of amides is 1. The molecule has 2 aromatic carbocycles. The molecule has 0 N–H and O–H groups in total. The molecule has 3 rings (SSSR count). The molecule has 0 radical (unpaired) electrons. The van der Waals surface area contributed by atoms with Crippen molar-refractivity contribution in [1.29, 1.82) is 0 Å². The van der Waals surface area contributed by atoms with Gasteiger partial charge in [0.15, 0.2) is 5.76 Å². The topological polar surface area (TPSA) is 64.8 Å². The first-order valence-electron chi connectivity index (χ1n) is 8.68. The molecule has 0 aliphatic carbocycles. The fourth-order valence-corrected chi connectivity index (χ4v) is 2.74. The van der Waals surface area contributed by atoms with Crippen LogP contribution in [0.5, 0.6) is 11.5 Å². The molecule has 0 spiro atoms. The highest BCUT2D eigenvalue weighted by atomic mass is 16.5. The summed E-state index contributed by atoms with van der Waals surface area (Å²) in [7, 11) is 3.21. The Morgan fingerprint density at radius 3 is 2.44 bits per heavy atom. The van der Waals surface area contributed by atoms with Gasteiger partial charge >= 0.3 is 0 Å². The molecule has 27 heavy (non-hydrogen) atoms. The standard InChI is InChI=1S/C21H22N2O4/c1-4-23(21(24)16-6-5-7-19(12-16)26-3)14-17-13-20(27-22-17)15-8-10-18(25-2)11-9-15/h5-13H,4,14H2,1-3H3. The molecule has 0 aliphatic heterocycles. The van der Waals surface area contributed by atoms with Crippen molar-refractivity contribution in [2.75, 3.05) is 20.8 Å². The quantitative estimate of drug-likeness (QED) is 0.632. The van der Waals surface area contributed by atoms with Gasteiger partial charge in [-0.15, -0.1) is 0 Å². The zero-order chi connectivity index (χ0) is 19.2. The number of carbonyl (C=O) groups excluding carboxylic acids is 1. The Morgan fingerprint density at radius 1 is 1.04 bits per heavy atom. The van der Waals surface area contributed by atoms with Crippen molar-refractivity contribution in [3.8, 4) is 22.8 Å². The molecule has 0 bridgehead atoms. The van der Waals surface area contributed by atoms with Gasteiger partial charge in [0.25, 0.3) is 5.91 Å². The van der Waals surface area contributed by atoms with Crippen LogP contribution in [0.25, 0.3) is 11.3 Å². The number of hydrogen-bond acceptors (Lipinski definition) is 5. The second-order valence-corrected chi connectivity index (χ2v) is 5.96. The van der Waals surface area contributed by atoms with Crippen molar-refractivity contribution in [3.63, 3.8) is 0 Å². The maximum Gasteiger partial charge on any atom is 0.254 e. The monoisotopic (exact) mass is 366 g/mol. The molecule has 0 atom stereocenters. The predicted molar refractivity (Wildman–Crippen MR) is 102 cm³/mol. The number of nitrogens with zero attached hydrogens (tertiary/aromatic N) is 2. The van der Waals surface area contributed by atoms with E-state index in [0.717, 1.165) is 11.3 Å². The van der Waals surface area contributed by atoms with Crippen LogP contribution < -0.4 is 9.47 Å². The van der Waals surface area contributed by atoms with Crippen LogP contribution in [0.15, 0.2) is 59.1 Å². The Kier molecular flexibility index (Phi) is 5.76. The summed E-state index contributed by atoms with van der Waals surface area (Å²) in [5, 5.41) is 4.11. The highest BCUT2D eigenvalue weighted by Gasteiger charge is 2.17. The van der Waals surface area contributed by atoms with Crippen LogP contribution >= 0.6 is 0 Å². The van der Waals surface area contributed by atoms with Crippen LogP contribution in [0.3, 0.4) is 0 Å². The molecule has 0 unspecified atom stereocenters. The molecule has 3 aromatic rings. The van der Waals surface area contributed by atoms with Crippen LogP contribution in [-0.2, 0) is 6.54 Å². The molecule has 1 heterocycles. The van der Waals surface area contributed by atoms with E-state index in [1.807, 2.05) is 43.3 Å². The van der Waals surface area contributed by atoms with Crippen LogP contribution in [-0.4, -0.2) is 36.7 Å². The number of ether oxygens (including phenoxy) is 2. The van der Waals surface area contributed by atoms with E-state index in [2.05, 4.69) is 5.16 Å². The summed E-state index contributed by atoms with van der Waals surface area (Å²) in [6, 6.07) is 16.5. The first kappa shape index (κ1) is 18.5. The van der Waals surface area contributed by atoms with E-state index in [-0.39, 0.29) is 5.91 Å². The largest absolute Gasteiger partial charge is 0.497 e. The Labute approximate surface area is 158 Å². The maximum atomic E-state index is 12.8. The van der Waals surface area contributed by atoms with Gasteiger partial charge in [-0.1, -0.05) is 11.2 Å². The van der Waals surface area contributed by atoms with Crippen molar-refractivity contribution in [2.45, 2.75) is 13.5 Å². The minimum absolute atomic E-state index is 0.0783. The Morgan fingerprint density at radius 2 is 1.78 bits per heavy atom. The summed E-state index contributed by atoms with van der Waals surface area (Å²) in [5.41, 5.74) is 2.17. The van der Waals surface area contributed by atoms with E-state index in [1.165, 1.54) is 0 Å². The Hall–Kier alpha value is -3.28. The third-order valence-electron chi connectivity index (χ3n) is 4.27. The van der Waals surface area contributed by atoms with Crippen molar-refractivity contribution in [3.05, 3.63) is 65.9 Å². The minimum atomic E-state index is -0.0783. The van der Waals surface area contributed by atoms with E-state index in [1.54, 1.807) is 37.3 Å². The van der Waals surface area contributed by atoms with E-state index in [9.17, 15) is 4.79 Å². The summed E-state index contributed by atoms with van der Waals surface area (Å²) in [5.74, 6) is 2.00. The van der Waals surface area contributed by atoms with Gasteiger partial charge in [0.05, 0.1) is 20.8 Å². The number of hydrogen-bond donors (Lipinski definition) is 0. The molecule has 6 heteroatoms. The third-order valence-corrected chi connectivity index (χ3v) is 4.27. The van der Waals surface area contributed by atoms with Crippen LogP contribution in [0.2, 0.25) is 0 Å². The van der Waals surface area contributed by atoms with E-state index in [4.69, 9.17) is 14.0 Å². The van der Waals surface area contributed by atoms with Gasteiger partial charge in [-0.25, -0.2) is 0 Å².